The first kappa shape index (κ1) is 10.5. The number of oxazole rings is 1. The smallest absolute Gasteiger partial charge is 0.198 e. The van der Waals surface area contributed by atoms with Crippen LogP contribution in [-0.2, 0) is 6.42 Å². The van der Waals surface area contributed by atoms with E-state index in [4.69, 9.17) is 4.42 Å². The third kappa shape index (κ3) is 2.39. The fourth-order valence-corrected chi connectivity index (χ4v) is 2.27. The predicted octanol–water partition coefficient (Wildman–Crippen LogP) is 2.69. The molecule has 0 bridgehead atoms. The van der Waals surface area contributed by atoms with Crippen molar-refractivity contribution in [1.82, 2.24) is 10.3 Å². The number of nitrogens with zero attached hydrogens (tertiary/aromatic N) is 1. The highest BCUT2D eigenvalue weighted by molar-refractivity contribution is 5.19. The zero-order valence-electron chi connectivity index (χ0n) is 9.73. The zero-order valence-corrected chi connectivity index (χ0v) is 9.73. The molecule has 1 aliphatic heterocycles. The summed E-state index contributed by atoms with van der Waals surface area (Å²) < 4.78 is 5.53. The van der Waals surface area contributed by atoms with Crippen LogP contribution in [0.2, 0.25) is 0 Å². The van der Waals surface area contributed by atoms with Gasteiger partial charge >= 0.3 is 0 Å². The average molecular weight is 228 g/mol. The molecule has 2 aromatic rings. The van der Waals surface area contributed by atoms with E-state index in [9.17, 15) is 0 Å². The standard InChI is InChI=1S/C14H16N2O/c1-2-5-11(6-3-1)9-14-16-13(10-17-14)12-7-4-8-15-12/h1-3,5-6,10,12,15H,4,7-9H2. The Labute approximate surface area is 101 Å². The lowest BCUT2D eigenvalue weighted by Gasteiger charge is -2.03. The normalized spacial score (nSPS) is 19.6. The van der Waals surface area contributed by atoms with Gasteiger partial charge in [0, 0.05) is 6.42 Å². The Morgan fingerprint density at radius 2 is 2.18 bits per heavy atom. The summed E-state index contributed by atoms with van der Waals surface area (Å²) in [6.45, 7) is 1.09. The van der Waals surface area contributed by atoms with Crippen LogP contribution in [0, 0.1) is 0 Å². The minimum absolute atomic E-state index is 0.392. The second kappa shape index (κ2) is 4.72. The van der Waals surface area contributed by atoms with Crippen molar-refractivity contribution in [3.63, 3.8) is 0 Å². The van der Waals surface area contributed by atoms with Gasteiger partial charge in [-0.15, -0.1) is 0 Å². The summed E-state index contributed by atoms with van der Waals surface area (Å²) in [6, 6.07) is 10.7. The molecule has 1 atom stereocenters. The first-order chi connectivity index (χ1) is 8.42. The van der Waals surface area contributed by atoms with E-state index < -0.39 is 0 Å². The molecule has 3 nitrogen and oxygen atoms in total. The van der Waals surface area contributed by atoms with Crippen LogP contribution in [0.3, 0.4) is 0 Å². The third-order valence-corrected chi connectivity index (χ3v) is 3.19. The number of hydrogen-bond donors (Lipinski definition) is 1. The van der Waals surface area contributed by atoms with Crippen LogP contribution in [-0.4, -0.2) is 11.5 Å². The van der Waals surface area contributed by atoms with E-state index in [0.29, 0.717) is 6.04 Å². The van der Waals surface area contributed by atoms with Gasteiger partial charge in [0.25, 0.3) is 0 Å². The maximum atomic E-state index is 5.53. The summed E-state index contributed by atoms with van der Waals surface area (Å²) in [6.07, 6.45) is 4.96. The van der Waals surface area contributed by atoms with Gasteiger partial charge < -0.3 is 9.73 Å². The minimum Gasteiger partial charge on any atom is -0.448 e. The van der Waals surface area contributed by atoms with Gasteiger partial charge in [0.05, 0.1) is 11.7 Å². The van der Waals surface area contributed by atoms with Crippen molar-refractivity contribution >= 4 is 0 Å². The van der Waals surface area contributed by atoms with Gasteiger partial charge in [0.15, 0.2) is 5.89 Å². The van der Waals surface area contributed by atoms with E-state index >= 15 is 0 Å². The van der Waals surface area contributed by atoms with Gasteiger partial charge in [-0.05, 0) is 24.9 Å². The van der Waals surface area contributed by atoms with Crippen molar-refractivity contribution in [3.8, 4) is 0 Å². The Balaban J connectivity index is 1.72. The minimum atomic E-state index is 0.392. The molecule has 3 rings (SSSR count). The van der Waals surface area contributed by atoms with E-state index in [1.807, 2.05) is 18.2 Å². The lowest BCUT2D eigenvalue weighted by atomic mass is 10.1. The van der Waals surface area contributed by atoms with Crippen LogP contribution in [0.5, 0.6) is 0 Å². The van der Waals surface area contributed by atoms with Crippen molar-refractivity contribution < 1.29 is 4.42 Å². The molecule has 1 unspecified atom stereocenters. The van der Waals surface area contributed by atoms with Crippen molar-refractivity contribution in [3.05, 3.63) is 53.7 Å². The molecule has 0 aliphatic carbocycles. The van der Waals surface area contributed by atoms with Crippen molar-refractivity contribution in [2.24, 2.45) is 0 Å². The van der Waals surface area contributed by atoms with Crippen LogP contribution in [0.15, 0.2) is 41.0 Å². The summed E-state index contributed by atoms with van der Waals surface area (Å²) in [5, 5.41) is 3.43. The predicted molar refractivity (Wildman–Crippen MR) is 65.7 cm³/mol. The summed E-state index contributed by atoms with van der Waals surface area (Å²) in [5.41, 5.74) is 2.29. The van der Waals surface area contributed by atoms with E-state index in [-0.39, 0.29) is 0 Å². The van der Waals surface area contributed by atoms with E-state index in [0.717, 1.165) is 31.0 Å². The molecule has 0 spiro atoms. The molecule has 17 heavy (non-hydrogen) atoms. The molecule has 1 aliphatic rings. The van der Waals surface area contributed by atoms with E-state index in [2.05, 4.69) is 22.4 Å². The second-order valence-corrected chi connectivity index (χ2v) is 4.48. The second-order valence-electron chi connectivity index (χ2n) is 4.48. The molecule has 0 amide bonds. The molecule has 2 heterocycles. The molecular weight excluding hydrogens is 212 g/mol. The van der Waals surface area contributed by atoms with Crippen LogP contribution in [0.25, 0.3) is 0 Å². The van der Waals surface area contributed by atoms with Gasteiger partial charge in [-0.1, -0.05) is 30.3 Å². The molecule has 1 N–H and O–H groups in total. The van der Waals surface area contributed by atoms with Crippen molar-refractivity contribution in [2.45, 2.75) is 25.3 Å². The van der Waals surface area contributed by atoms with Gasteiger partial charge in [-0.25, -0.2) is 4.98 Å². The maximum absolute atomic E-state index is 5.53. The van der Waals surface area contributed by atoms with Crippen LogP contribution in [0.4, 0.5) is 0 Å². The molecule has 88 valence electrons. The molecule has 0 radical (unpaired) electrons. The van der Waals surface area contributed by atoms with Crippen LogP contribution >= 0.6 is 0 Å². The van der Waals surface area contributed by atoms with E-state index in [1.54, 1.807) is 6.26 Å². The highest BCUT2D eigenvalue weighted by Crippen LogP contribution is 2.22. The Morgan fingerprint density at radius 1 is 1.29 bits per heavy atom. The summed E-state index contributed by atoms with van der Waals surface area (Å²) in [7, 11) is 0. The summed E-state index contributed by atoms with van der Waals surface area (Å²) in [4.78, 5) is 4.56. The zero-order chi connectivity index (χ0) is 11.5. The Hall–Kier alpha value is -1.61. The molecule has 0 saturated carbocycles. The fourth-order valence-electron chi connectivity index (χ4n) is 2.27. The quantitative estimate of drug-likeness (QED) is 0.877. The molecule has 1 saturated heterocycles. The highest BCUT2D eigenvalue weighted by atomic mass is 16.3. The molecule has 3 heteroatoms. The Morgan fingerprint density at radius 3 is 2.94 bits per heavy atom. The van der Waals surface area contributed by atoms with Gasteiger partial charge in [-0.2, -0.15) is 0 Å². The number of rotatable bonds is 3. The molecule has 1 aromatic carbocycles. The third-order valence-electron chi connectivity index (χ3n) is 3.19. The van der Waals surface area contributed by atoms with Crippen LogP contribution < -0.4 is 5.32 Å². The highest BCUT2D eigenvalue weighted by Gasteiger charge is 2.19. The lowest BCUT2D eigenvalue weighted by molar-refractivity contribution is 0.504. The Kier molecular flexibility index (Phi) is 2.92. The summed E-state index contributed by atoms with van der Waals surface area (Å²) in [5.74, 6) is 0.805. The lowest BCUT2D eigenvalue weighted by Crippen LogP contribution is -2.13. The van der Waals surface area contributed by atoms with Gasteiger partial charge in [-0.3, -0.25) is 0 Å². The van der Waals surface area contributed by atoms with Gasteiger partial charge in [0.1, 0.15) is 6.26 Å². The number of hydrogen-bond acceptors (Lipinski definition) is 3. The first-order valence-electron chi connectivity index (χ1n) is 6.13. The van der Waals surface area contributed by atoms with E-state index in [1.165, 1.54) is 12.0 Å². The van der Waals surface area contributed by atoms with Crippen molar-refractivity contribution in [1.29, 1.82) is 0 Å². The largest absolute Gasteiger partial charge is 0.448 e. The van der Waals surface area contributed by atoms with Gasteiger partial charge in [0.2, 0.25) is 0 Å². The molecule has 1 aromatic heterocycles. The average Bonchev–Trinajstić information content (AvgIpc) is 3.00. The molecule has 1 fully saturated rings. The fraction of sp³-hybridized carbons (Fsp3) is 0.357. The summed E-state index contributed by atoms with van der Waals surface area (Å²) >= 11 is 0. The van der Waals surface area contributed by atoms with Crippen LogP contribution in [0.1, 0.15) is 36.0 Å². The Bertz CT molecular complexity index is 472. The topological polar surface area (TPSA) is 38.1 Å². The first-order valence-corrected chi connectivity index (χ1v) is 6.13. The monoisotopic (exact) mass is 228 g/mol. The molecular formula is C14H16N2O. The van der Waals surface area contributed by atoms with Crippen molar-refractivity contribution in [2.75, 3.05) is 6.54 Å². The maximum Gasteiger partial charge on any atom is 0.198 e. The number of aromatic nitrogens is 1. The number of benzene rings is 1. The SMILES string of the molecule is c1ccc(Cc2nc(C3CCCN3)co2)cc1. The number of nitrogens with one attached hydrogen (secondary N) is 1.